The quantitative estimate of drug-likeness (QED) is 0.743. The Bertz CT molecular complexity index is 810. The molecule has 0 bridgehead atoms. The maximum atomic E-state index is 12.1. The molecule has 0 aliphatic carbocycles. The van der Waals surface area contributed by atoms with Crippen molar-refractivity contribution in [3.63, 3.8) is 0 Å². The van der Waals surface area contributed by atoms with Gasteiger partial charge in [-0.05, 0) is 47.9 Å². The first-order chi connectivity index (χ1) is 9.76. The molecule has 20 heavy (non-hydrogen) atoms. The molecule has 1 aromatic heterocycles. The van der Waals surface area contributed by atoms with Gasteiger partial charge in [0.1, 0.15) is 0 Å². The summed E-state index contributed by atoms with van der Waals surface area (Å²) in [5.74, 6) is -0.194. The number of fused-ring (bicyclic) bond motifs is 1. The lowest BCUT2D eigenvalue weighted by Crippen LogP contribution is -2.11. The fraction of sp³-hybridized carbons (Fsp3) is 0. The van der Waals surface area contributed by atoms with Crippen molar-refractivity contribution in [1.29, 1.82) is 5.26 Å². The molecule has 2 aromatic carbocycles. The Kier molecular flexibility index (Phi) is 2.94. The fourth-order valence-electron chi connectivity index (χ4n) is 2.02. The zero-order valence-electron chi connectivity index (χ0n) is 10.6. The summed E-state index contributed by atoms with van der Waals surface area (Å²) in [5, 5.41) is 12.7. The van der Waals surface area contributed by atoms with Crippen molar-refractivity contribution in [3.8, 4) is 6.07 Å². The number of rotatable bonds is 2. The summed E-state index contributed by atoms with van der Waals surface area (Å²) in [4.78, 5) is 15.2. The number of hydrogen-bond acceptors (Lipinski definition) is 2. The zero-order valence-corrected chi connectivity index (χ0v) is 10.6. The first kappa shape index (κ1) is 12.0. The third kappa shape index (κ3) is 2.25. The predicted molar refractivity (Wildman–Crippen MR) is 77.4 cm³/mol. The highest BCUT2D eigenvalue weighted by Crippen LogP contribution is 2.18. The van der Waals surface area contributed by atoms with Crippen LogP contribution in [-0.2, 0) is 0 Å². The van der Waals surface area contributed by atoms with Crippen LogP contribution in [0.1, 0.15) is 15.9 Å². The van der Waals surface area contributed by atoms with E-state index in [9.17, 15) is 4.79 Å². The number of benzene rings is 2. The van der Waals surface area contributed by atoms with Crippen LogP contribution in [0, 0.1) is 11.3 Å². The van der Waals surface area contributed by atoms with Crippen molar-refractivity contribution < 1.29 is 4.79 Å². The first-order valence-electron chi connectivity index (χ1n) is 6.15. The maximum Gasteiger partial charge on any atom is 0.255 e. The van der Waals surface area contributed by atoms with Crippen molar-refractivity contribution in [2.75, 3.05) is 5.32 Å². The molecule has 2 N–H and O–H groups in total. The number of aromatic amines is 1. The molecule has 3 aromatic rings. The largest absolute Gasteiger partial charge is 0.361 e. The van der Waals surface area contributed by atoms with E-state index in [0.29, 0.717) is 11.1 Å². The Morgan fingerprint density at radius 3 is 2.65 bits per heavy atom. The molecule has 0 unspecified atom stereocenters. The molecule has 1 heterocycles. The van der Waals surface area contributed by atoms with Gasteiger partial charge in [0.15, 0.2) is 0 Å². The Labute approximate surface area is 115 Å². The van der Waals surface area contributed by atoms with Gasteiger partial charge < -0.3 is 10.3 Å². The van der Waals surface area contributed by atoms with Gasteiger partial charge in [-0.2, -0.15) is 5.26 Å². The van der Waals surface area contributed by atoms with Gasteiger partial charge >= 0.3 is 0 Å². The highest BCUT2D eigenvalue weighted by atomic mass is 16.1. The molecule has 4 heteroatoms. The highest BCUT2D eigenvalue weighted by Gasteiger charge is 2.06. The fourth-order valence-corrected chi connectivity index (χ4v) is 2.02. The lowest BCUT2D eigenvalue weighted by Gasteiger charge is -2.05. The maximum absolute atomic E-state index is 12.1. The van der Waals surface area contributed by atoms with E-state index in [1.165, 1.54) is 0 Å². The van der Waals surface area contributed by atoms with E-state index >= 15 is 0 Å². The number of H-pyrrole nitrogens is 1. The van der Waals surface area contributed by atoms with Gasteiger partial charge in [0.2, 0.25) is 0 Å². The smallest absolute Gasteiger partial charge is 0.255 e. The lowest BCUT2D eigenvalue weighted by molar-refractivity contribution is 0.102. The topological polar surface area (TPSA) is 68.7 Å². The molecule has 0 fully saturated rings. The number of carbonyl (C=O) groups excluding carboxylic acids is 1. The molecule has 0 aliphatic rings. The molecule has 3 rings (SSSR count). The molecule has 0 radical (unpaired) electrons. The molecule has 0 saturated heterocycles. The van der Waals surface area contributed by atoms with Crippen LogP contribution in [0.25, 0.3) is 10.9 Å². The van der Waals surface area contributed by atoms with E-state index < -0.39 is 0 Å². The second-order valence-electron chi connectivity index (χ2n) is 4.42. The molecule has 0 aliphatic heterocycles. The van der Waals surface area contributed by atoms with Gasteiger partial charge in [-0.1, -0.05) is 6.07 Å². The number of anilines is 1. The van der Waals surface area contributed by atoms with Crippen LogP contribution in [-0.4, -0.2) is 10.9 Å². The van der Waals surface area contributed by atoms with Gasteiger partial charge in [-0.25, -0.2) is 0 Å². The van der Waals surface area contributed by atoms with Gasteiger partial charge in [-0.15, -0.1) is 0 Å². The summed E-state index contributed by atoms with van der Waals surface area (Å²) in [6.45, 7) is 0. The van der Waals surface area contributed by atoms with E-state index in [1.807, 2.05) is 36.5 Å². The number of nitriles is 1. The van der Waals surface area contributed by atoms with Crippen molar-refractivity contribution >= 4 is 22.5 Å². The van der Waals surface area contributed by atoms with E-state index in [2.05, 4.69) is 10.3 Å². The van der Waals surface area contributed by atoms with Crippen LogP contribution >= 0.6 is 0 Å². The predicted octanol–water partition coefficient (Wildman–Crippen LogP) is 3.29. The van der Waals surface area contributed by atoms with Crippen LogP contribution in [0.5, 0.6) is 0 Å². The molecule has 0 atom stereocenters. The van der Waals surface area contributed by atoms with Gasteiger partial charge in [0, 0.05) is 23.0 Å². The summed E-state index contributed by atoms with van der Waals surface area (Å²) < 4.78 is 0. The average Bonchev–Trinajstić information content (AvgIpc) is 2.95. The molecule has 4 nitrogen and oxygen atoms in total. The summed E-state index contributed by atoms with van der Waals surface area (Å²) in [5.41, 5.74) is 2.77. The lowest BCUT2D eigenvalue weighted by atomic mass is 10.1. The Morgan fingerprint density at radius 1 is 1.10 bits per heavy atom. The van der Waals surface area contributed by atoms with Crippen LogP contribution in [0.15, 0.2) is 54.7 Å². The molecule has 0 spiro atoms. The monoisotopic (exact) mass is 261 g/mol. The molecule has 0 saturated carbocycles. The summed E-state index contributed by atoms with van der Waals surface area (Å²) in [7, 11) is 0. The minimum absolute atomic E-state index is 0.194. The van der Waals surface area contributed by atoms with Crippen molar-refractivity contribution in [2.45, 2.75) is 0 Å². The summed E-state index contributed by atoms with van der Waals surface area (Å²) >= 11 is 0. The second-order valence-corrected chi connectivity index (χ2v) is 4.42. The van der Waals surface area contributed by atoms with Gasteiger partial charge in [0.05, 0.1) is 11.6 Å². The van der Waals surface area contributed by atoms with Crippen molar-refractivity contribution in [1.82, 2.24) is 4.98 Å². The first-order valence-corrected chi connectivity index (χ1v) is 6.15. The zero-order chi connectivity index (χ0) is 13.9. The third-order valence-electron chi connectivity index (χ3n) is 3.09. The summed E-state index contributed by atoms with van der Waals surface area (Å²) in [6.07, 6.45) is 1.86. The molecule has 1 amide bonds. The van der Waals surface area contributed by atoms with Crippen molar-refractivity contribution in [3.05, 3.63) is 65.9 Å². The van der Waals surface area contributed by atoms with Gasteiger partial charge in [0.25, 0.3) is 5.91 Å². The Hall–Kier alpha value is -3.06. The number of carbonyl (C=O) groups is 1. The number of nitrogens with zero attached hydrogens (tertiary/aromatic N) is 1. The van der Waals surface area contributed by atoms with Crippen LogP contribution in [0.3, 0.4) is 0 Å². The minimum Gasteiger partial charge on any atom is -0.361 e. The highest BCUT2D eigenvalue weighted by molar-refractivity contribution is 6.05. The normalized spacial score (nSPS) is 10.2. The van der Waals surface area contributed by atoms with E-state index in [1.54, 1.807) is 24.3 Å². The summed E-state index contributed by atoms with van der Waals surface area (Å²) in [6, 6.07) is 16.2. The number of hydrogen-bond donors (Lipinski definition) is 2. The Balaban J connectivity index is 1.82. The molecular weight excluding hydrogens is 250 g/mol. The Morgan fingerprint density at radius 2 is 1.90 bits per heavy atom. The van der Waals surface area contributed by atoms with E-state index in [4.69, 9.17) is 5.26 Å². The number of aromatic nitrogens is 1. The van der Waals surface area contributed by atoms with Crippen molar-refractivity contribution in [2.24, 2.45) is 0 Å². The van der Waals surface area contributed by atoms with Gasteiger partial charge in [-0.3, -0.25) is 4.79 Å². The van der Waals surface area contributed by atoms with Crippen LogP contribution in [0.2, 0.25) is 0 Å². The number of amides is 1. The standard InChI is InChI=1S/C16H11N3O/c17-10-11-1-3-13(4-2-11)16(20)19-14-6-5-12-7-8-18-15(12)9-14/h1-9,18H,(H,19,20). The molecule has 96 valence electrons. The second kappa shape index (κ2) is 4.90. The van der Waals surface area contributed by atoms with E-state index in [-0.39, 0.29) is 5.91 Å². The van der Waals surface area contributed by atoms with Crippen LogP contribution < -0.4 is 5.32 Å². The minimum atomic E-state index is -0.194. The average molecular weight is 261 g/mol. The third-order valence-corrected chi connectivity index (χ3v) is 3.09. The van der Waals surface area contributed by atoms with Crippen LogP contribution in [0.4, 0.5) is 5.69 Å². The SMILES string of the molecule is N#Cc1ccc(C(=O)Nc2ccc3cc[nH]c3c2)cc1. The molecular formula is C16H11N3O. The van der Waals surface area contributed by atoms with E-state index in [0.717, 1.165) is 16.6 Å². The number of nitrogens with one attached hydrogen (secondary N) is 2.